The molecule has 2 nitrogen and oxygen atoms in total. The lowest BCUT2D eigenvalue weighted by molar-refractivity contribution is -0.0777. The van der Waals surface area contributed by atoms with Crippen LogP contribution in [0.3, 0.4) is 0 Å². The Balaban J connectivity index is 1.65. The lowest BCUT2D eigenvalue weighted by Gasteiger charge is -2.38. The predicted molar refractivity (Wildman–Crippen MR) is 77.1 cm³/mol. The van der Waals surface area contributed by atoms with E-state index < -0.39 is 11.2 Å². The summed E-state index contributed by atoms with van der Waals surface area (Å²) in [5.74, 6) is 3.09. The van der Waals surface area contributed by atoms with E-state index in [4.69, 9.17) is 0 Å². The molecule has 0 heterocycles. The fourth-order valence-electron chi connectivity index (χ4n) is 7.73. The zero-order valence-electron chi connectivity index (χ0n) is 11.0. The molecule has 1 aromatic rings. The van der Waals surface area contributed by atoms with Gasteiger partial charge in [0.25, 0.3) is 0 Å². The molecular weight excluding hydrogens is 316 g/mol. The molecule has 0 aliphatic heterocycles. The SMILES string of the molecule is O[C@@]1(c2ccccc2)[C@H]2[C@@H]3C[C@@H]4[C@H]5[C@H]3[C@H]1[C@](O)([C@@H]42)[C@@H]5Br. The maximum Gasteiger partial charge on any atom is 0.0989 e. The molecule has 1 aromatic carbocycles. The Bertz CT molecular complexity index is 631. The summed E-state index contributed by atoms with van der Waals surface area (Å²) in [6, 6.07) is 10.1. The van der Waals surface area contributed by atoms with Crippen molar-refractivity contribution in [2.24, 2.45) is 41.4 Å². The number of benzene rings is 1. The molecule has 0 aromatic heterocycles. The van der Waals surface area contributed by atoms with E-state index in [1.807, 2.05) is 18.2 Å². The fraction of sp³-hybridized carbons (Fsp3) is 0.647. The van der Waals surface area contributed by atoms with E-state index >= 15 is 0 Å². The monoisotopic (exact) mass is 332 g/mol. The summed E-state index contributed by atoms with van der Waals surface area (Å²) in [6.45, 7) is 0. The minimum atomic E-state index is -0.790. The maximum atomic E-state index is 11.6. The van der Waals surface area contributed by atoms with E-state index in [1.165, 1.54) is 6.42 Å². The van der Waals surface area contributed by atoms with Gasteiger partial charge in [0.05, 0.1) is 11.2 Å². The number of hydrogen-bond donors (Lipinski definition) is 2. The first-order chi connectivity index (χ1) is 9.61. The molecule has 0 saturated heterocycles. The number of halogens is 1. The van der Waals surface area contributed by atoms with E-state index in [0.29, 0.717) is 29.6 Å². The minimum absolute atomic E-state index is 0.0468. The van der Waals surface area contributed by atoms with Gasteiger partial charge in [0.1, 0.15) is 0 Å². The highest BCUT2D eigenvalue weighted by Crippen LogP contribution is 2.88. The van der Waals surface area contributed by atoms with Crippen molar-refractivity contribution < 1.29 is 10.2 Å². The Labute approximate surface area is 126 Å². The van der Waals surface area contributed by atoms with Gasteiger partial charge < -0.3 is 10.2 Å². The Kier molecular flexibility index (Phi) is 1.63. The molecule has 6 saturated carbocycles. The van der Waals surface area contributed by atoms with Crippen molar-refractivity contribution in [2.75, 3.05) is 0 Å². The Morgan fingerprint density at radius 2 is 1.70 bits per heavy atom. The van der Waals surface area contributed by atoms with Crippen molar-refractivity contribution >= 4 is 15.9 Å². The minimum Gasteiger partial charge on any atom is -0.388 e. The van der Waals surface area contributed by atoms with Crippen LogP contribution in [0.15, 0.2) is 30.3 Å². The van der Waals surface area contributed by atoms with Gasteiger partial charge in [-0.25, -0.2) is 0 Å². The van der Waals surface area contributed by atoms with Gasteiger partial charge in [-0.05, 0) is 41.6 Å². The van der Waals surface area contributed by atoms with Gasteiger partial charge in [-0.3, -0.25) is 0 Å². The second-order valence-electron chi connectivity index (χ2n) is 7.73. The highest BCUT2D eigenvalue weighted by molar-refractivity contribution is 9.09. The van der Waals surface area contributed by atoms with Crippen molar-refractivity contribution in [1.29, 1.82) is 0 Å². The Morgan fingerprint density at radius 1 is 1.00 bits per heavy atom. The van der Waals surface area contributed by atoms with Gasteiger partial charge in [-0.15, -0.1) is 0 Å². The molecule has 10 atom stereocenters. The molecule has 0 amide bonds. The van der Waals surface area contributed by atoms with Crippen LogP contribution in [0.2, 0.25) is 0 Å². The molecule has 7 rings (SSSR count). The third kappa shape index (κ3) is 0.768. The molecule has 3 heteroatoms. The molecule has 0 radical (unpaired) electrons. The normalized spacial score (nSPS) is 67.0. The topological polar surface area (TPSA) is 40.5 Å². The standard InChI is InChI=1S/C17H17BrO2/c18-15-11-9-6-8-10(11)14-16(19,7-4-2-1-3-5-7)12(8)13(9)17(14,15)20/h1-5,8-15,19-20H,6H2/t8-,9-,10+,11+,12+,13+,14-,15-,16+,17-/m1/s1. The van der Waals surface area contributed by atoms with Gasteiger partial charge in [0.15, 0.2) is 0 Å². The van der Waals surface area contributed by atoms with E-state index in [-0.39, 0.29) is 16.7 Å². The maximum absolute atomic E-state index is 11.6. The van der Waals surface area contributed by atoms with Gasteiger partial charge in [-0.1, -0.05) is 46.3 Å². The van der Waals surface area contributed by atoms with Gasteiger partial charge >= 0.3 is 0 Å². The van der Waals surface area contributed by atoms with Crippen LogP contribution in [-0.2, 0) is 5.60 Å². The van der Waals surface area contributed by atoms with Crippen LogP contribution < -0.4 is 0 Å². The number of rotatable bonds is 1. The Hall–Kier alpha value is -0.380. The smallest absolute Gasteiger partial charge is 0.0989 e. The first-order valence-corrected chi connectivity index (χ1v) is 8.67. The number of alkyl halides is 1. The fourth-order valence-corrected chi connectivity index (χ4v) is 9.06. The summed E-state index contributed by atoms with van der Waals surface area (Å²) in [7, 11) is 0. The summed E-state index contributed by atoms with van der Waals surface area (Å²) in [5.41, 5.74) is -0.420. The molecule has 20 heavy (non-hydrogen) atoms. The van der Waals surface area contributed by atoms with Crippen LogP contribution in [-0.4, -0.2) is 20.6 Å². The van der Waals surface area contributed by atoms with Crippen molar-refractivity contribution in [2.45, 2.75) is 22.5 Å². The molecule has 0 spiro atoms. The zero-order valence-corrected chi connectivity index (χ0v) is 12.6. The van der Waals surface area contributed by atoms with Crippen molar-refractivity contribution in [3.05, 3.63) is 35.9 Å². The number of hydrogen-bond acceptors (Lipinski definition) is 2. The Morgan fingerprint density at radius 3 is 2.40 bits per heavy atom. The van der Waals surface area contributed by atoms with Crippen LogP contribution in [0.5, 0.6) is 0 Å². The van der Waals surface area contributed by atoms with Crippen LogP contribution >= 0.6 is 15.9 Å². The van der Waals surface area contributed by atoms with E-state index in [9.17, 15) is 10.2 Å². The molecule has 0 unspecified atom stereocenters. The first kappa shape index (κ1) is 11.2. The van der Waals surface area contributed by atoms with Gasteiger partial charge in [-0.2, -0.15) is 0 Å². The summed E-state index contributed by atoms with van der Waals surface area (Å²) < 4.78 is 0. The highest BCUT2D eigenvalue weighted by Gasteiger charge is 2.92. The van der Waals surface area contributed by atoms with Crippen LogP contribution in [0, 0.1) is 41.4 Å². The average Bonchev–Trinajstić information content (AvgIpc) is 3.16. The van der Waals surface area contributed by atoms with E-state index in [2.05, 4.69) is 28.1 Å². The molecule has 6 aliphatic rings. The quantitative estimate of drug-likeness (QED) is 0.773. The second-order valence-corrected chi connectivity index (χ2v) is 8.71. The number of aliphatic hydroxyl groups is 2. The second kappa shape index (κ2) is 2.90. The van der Waals surface area contributed by atoms with E-state index in [0.717, 1.165) is 5.56 Å². The summed E-state index contributed by atoms with van der Waals surface area (Å²) in [6.07, 6.45) is 1.24. The summed E-state index contributed by atoms with van der Waals surface area (Å²) >= 11 is 3.81. The molecular formula is C17H17BrO2. The lowest BCUT2D eigenvalue weighted by atomic mass is 9.69. The molecule has 6 bridgehead atoms. The van der Waals surface area contributed by atoms with Crippen molar-refractivity contribution in [3.8, 4) is 0 Å². The third-order valence-electron chi connectivity index (χ3n) is 7.70. The third-order valence-corrected chi connectivity index (χ3v) is 9.05. The summed E-state index contributed by atoms with van der Waals surface area (Å²) in [5, 5.41) is 23.0. The van der Waals surface area contributed by atoms with Crippen LogP contribution in [0.1, 0.15) is 12.0 Å². The van der Waals surface area contributed by atoms with Crippen LogP contribution in [0.4, 0.5) is 0 Å². The first-order valence-electron chi connectivity index (χ1n) is 7.75. The predicted octanol–water partition coefficient (Wildman–Crippen LogP) is 2.14. The van der Waals surface area contributed by atoms with Crippen molar-refractivity contribution in [1.82, 2.24) is 0 Å². The average molecular weight is 333 g/mol. The summed E-state index contributed by atoms with van der Waals surface area (Å²) in [4.78, 5) is 0.202. The molecule has 6 fully saturated rings. The lowest BCUT2D eigenvalue weighted by Crippen LogP contribution is -2.47. The van der Waals surface area contributed by atoms with Crippen LogP contribution in [0.25, 0.3) is 0 Å². The highest BCUT2D eigenvalue weighted by atomic mass is 79.9. The molecule has 6 aliphatic carbocycles. The van der Waals surface area contributed by atoms with Crippen molar-refractivity contribution in [3.63, 3.8) is 0 Å². The molecule has 2 N–H and O–H groups in total. The van der Waals surface area contributed by atoms with E-state index in [1.54, 1.807) is 0 Å². The van der Waals surface area contributed by atoms with Gasteiger partial charge in [0, 0.05) is 16.7 Å². The molecule has 104 valence electrons. The zero-order chi connectivity index (χ0) is 13.4. The van der Waals surface area contributed by atoms with Gasteiger partial charge in [0.2, 0.25) is 0 Å². The largest absolute Gasteiger partial charge is 0.388 e.